The van der Waals surface area contributed by atoms with E-state index >= 15 is 0 Å². The predicted octanol–water partition coefficient (Wildman–Crippen LogP) is 8.72. The van der Waals surface area contributed by atoms with Crippen LogP contribution in [0.4, 0.5) is 0 Å². The monoisotopic (exact) mass is 771 g/mol. The molecule has 0 radical (unpaired) electrons. The molecule has 10 heteroatoms. The van der Waals surface area contributed by atoms with Gasteiger partial charge in [-0.25, -0.2) is 4.79 Å². The average molecular weight is 772 g/mol. The van der Waals surface area contributed by atoms with Gasteiger partial charge in [0.25, 0.3) is 11.8 Å². The molecule has 0 aliphatic heterocycles. The van der Waals surface area contributed by atoms with Crippen molar-refractivity contribution in [2.75, 3.05) is 20.2 Å². The van der Waals surface area contributed by atoms with E-state index in [0.717, 1.165) is 44.1 Å². The number of benzene rings is 2. The van der Waals surface area contributed by atoms with Crippen LogP contribution < -0.4 is 20.7 Å². The lowest BCUT2D eigenvalue weighted by Gasteiger charge is -2.26. The van der Waals surface area contributed by atoms with Crippen molar-refractivity contribution in [3.05, 3.63) is 138 Å². The highest BCUT2D eigenvalue weighted by Gasteiger charge is 2.31. The zero-order valence-electron chi connectivity index (χ0n) is 32.7. The van der Waals surface area contributed by atoms with Crippen molar-refractivity contribution >= 4 is 35.3 Å². The zero-order valence-corrected chi connectivity index (χ0v) is 33.5. The summed E-state index contributed by atoms with van der Waals surface area (Å²) in [6, 6.07) is 12.9. The lowest BCUT2D eigenvalue weighted by molar-refractivity contribution is -0.145. The largest absolute Gasteiger partial charge is 0.478 e. The van der Waals surface area contributed by atoms with Crippen molar-refractivity contribution in [2.45, 2.75) is 90.2 Å². The fourth-order valence-electron chi connectivity index (χ4n) is 4.95. The van der Waals surface area contributed by atoms with Crippen molar-refractivity contribution in [3.63, 3.8) is 0 Å². The third kappa shape index (κ3) is 20.8. The van der Waals surface area contributed by atoms with E-state index in [9.17, 15) is 19.2 Å². The summed E-state index contributed by atoms with van der Waals surface area (Å²) in [7, 11) is 1.23. The van der Waals surface area contributed by atoms with Crippen molar-refractivity contribution in [2.24, 2.45) is 0 Å². The molecule has 0 aliphatic rings. The SMILES string of the molecule is CC/C=C\C/C=C\C/C=C\C/C=C\C/C=C\C/C=C\CCC(=O)NC(CNC(=O)C(C)(C)Oc1ccc(CCNC(=O)c2ccc(Cl)cc2)cc1)C(=O)OC. The molecule has 55 heavy (non-hydrogen) atoms. The molecular formula is C45H58ClN3O6. The number of hydrogen-bond donors (Lipinski definition) is 3. The van der Waals surface area contributed by atoms with E-state index in [4.69, 9.17) is 21.1 Å². The summed E-state index contributed by atoms with van der Waals surface area (Å²) >= 11 is 5.89. The van der Waals surface area contributed by atoms with Crippen LogP contribution in [0.2, 0.25) is 5.02 Å². The average Bonchev–Trinajstić information content (AvgIpc) is 3.17. The maximum atomic E-state index is 13.1. The number of halogens is 1. The lowest BCUT2D eigenvalue weighted by Crippen LogP contribution is -2.53. The smallest absolute Gasteiger partial charge is 0.330 e. The first-order valence-corrected chi connectivity index (χ1v) is 19.3. The summed E-state index contributed by atoms with van der Waals surface area (Å²) in [6.45, 7) is 5.64. The molecule has 1 unspecified atom stereocenters. The molecular weight excluding hydrogens is 714 g/mol. The first-order valence-electron chi connectivity index (χ1n) is 18.9. The highest BCUT2D eigenvalue weighted by Crippen LogP contribution is 2.20. The Morgan fingerprint density at radius 2 is 1.25 bits per heavy atom. The number of hydrogen-bond acceptors (Lipinski definition) is 6. The second kappa shape index (κ2) is 27.4. The Balaban J connectivity index is 1.67. The van der Waals surface area contributed by atoms with Crippen molar-refractivity contribution in [1.82, 2.24) is 16.0 Å². The van der Waals surface area contributed by atoms with Crippen LogP contribution >= 0.6 is 11.6 Å². The van der Waals surface area contributed by atoms with Gasteiger partial charge < -0.3 is 25.4 Å². The molecule has 0 aromatic heterocycles. The fourth-order valence-corrected chi connectivity index (χ4v) is 5.08. The molecule has 3 N–H and O–H groups in total. The molecule has 3 amide bonds. The van der Waals surface area contributed by atoms with Crippen LogP contribution in [0.15, 0.2) is 121 Å². The second-order valence-electron chi connectivity index (χ2n) is 13.1. The van der Waals surface area contributed by atoms with E-state index in [1.165, 1.54) is 7.11 Å². The molecule has 0 saturated carbocycles. The van der Waals surface area contributed by atoms with Gasteiger partial charge in [-0.15, -0.1) is 0 Å². The van der Waals surface area contributed by atoms with E-state index in [1.54, 1.807) is 50.2 Å². The Morgan fingerprint density at radius 3 is 1.78 bits per heavy atom. The molecule has 0 spiro atoms. The van der Waals surface area contributed by atoms with Gasteiger partial charge in [0.05, 0.1) is 7.11 Å². The normalized spacial score (nSPS) is 12.7. The Kier molecular flexibility index (Phi) is 22.9. The first-order chi connectivity index (χ1) is 26.6. The number of rotatable bonds is 25. The van der Waals surface area contributed by atoms with Crippen LogP contribution in [-0.2, 0) is 25.5 Å². The Morgan fingerprint density at radius 1 is 0.727 bits per heavy atom. The van der Waals surface area contributed by atoms with E-state index in [1.807, 2.05) is 24.3 Å². The number of nitrogens with one attached hydrogen (secondary N) is 3. The summed E-state index contributed by atoms with van der Waals surface area (Å²) in [5.74, 6) is -1.17. The highest BCUT2D eigenvalue weighted by molar-refractivity contribution is 6.30. The maximum absolute atomic E-state index is 13.1. The summed E-state index contributed by atoms with van der Waals surface area (Å²) in [5, 5.41) is 8.80. The van der Waals surface area contributed by atoms with Gasteiger partial charge in [0.15, 0.2) is 5.60 Å². The first kappa shape index (κ1) is 46.0. The summed E-state index contributed by atoms with van der Waals surface area (Å²) in [4.78, 5) is 50.4. The molecule has 2 aromatic rings. The van der Waals surface area contributed by atoms with Crippen molar-refractivity contribution in [1.29, 1.82) is 0 Å². The van der Waals surface area contributed by atoms with E-state index in [2.05, 4.69) is 83.6 Å². The molecule has 0 aliphatic carbocycles. The number of carbonyl (C=O) groups is 4. The fraction of sp³-hybridized carbons (Fsp3) is 0.378. The standard InChI is InChI=1S/C45H58ClN3O6/c1-5-6-7-8-9-10-11-12-13-14-15-16-17-18-19-20-21-22-23-24-41(50)49-40(43(52)54-4)35-48-44(53)45(2,3)55-39-31-25-36(26-32-39)33-34-47-42(51)37-27-29-38(46)30-28-37/h6-7,9-10,12-13,15-16,18-19,21-22,25-32,40H,5,8,11,14,17,20,23-24,33-35H2,1-4H3,(H,47,51)(H,48,53)(H,49,50)/b7-6-,10-9-,13-12-,16-15-,19-18-,22-21-. The van der Waals surface area contributed by atoms with Gasteiger partial charge >= 0.3 is 5.97 Å². The van der Waals surface area contributed by atoms with Gasteiger partial charge in [-0.1, -0.05) is 104 Å². The number of ether oxygens (including phenoxy) is 2. The Hall–Kier alpha value is -5.15. The number of esters is 1. The van der Waals surface area contributed by atoms with Gasteiger partial charge in [-0.3, -0.25) is 14.4 Å². The third-order valence-corrected chi connectivity index (χ3v) is 8.32. The number of carbonyl (C=O) groups excluding carboxylic acids is 4. The molecule has 296 valence electrons. The van der Waals surface area contributed by atoms with Gasteiger partial charge in [0.1, 0.15) is 11.8 Å². The second-order valence-corrected chi connectivity index (χ2v) is 13.5. The number of allylic oxidation sites excluding steroid dienone is 12. The molecule has 0 saturated heterocycles. The van der Waals surface area contributed by atoms with Gasteiger partial charge in [-0.2, -0.15) is 0 Å². The van der Waals surface area contributed by atoms with Gasteiger partial charge in [0, 0.05) is 30.1 Å². The molecule has 0 fully saturated rings. The molecule has 1 atom stereocenters. The molecule has 9 nitrogen and oxygen atoms in total. The minimum atomic E-state index is -1.28. The number of methoxy groups -OCH3 is 1. The maximum Gasteiger partial charge on any atom is 0.330 e. The zero-order chi connectivity index (χ0) is 40.2. The lowest BCUT2D eigenvalue weighted by atomic mass is 10.1. The summed E-state index contributed by atoms with van der Waals surface area (Å²) < 4.78 is 10.8. The van der Waals surface area contributed by atoms with Crippen LogP contribution in [-0.4, -0.2) is 55.5 Å². The van der Waals surface area contributed by atoms with Crippen molar-refractivity contribution < 1.29 is 28.7 Å². The minimum Gasteiger partial charge on any atom is -0.478 e. The highest BCUT2D eigenvalue weighted by atomic mass is 35.5. The Bertz CT molecular complexity index is 1640. The van der Waals surface area contributed by atoms with Crippen LogP contribution in [0, 0.1) is 0 Å². The summed E-state index contributed by atoms with van der Waals surface area (Å²) in [6.07, 6.45) is 32.4. The molecule has 0 heterocycles. The topological polar surface area (TPSA) is 123 Å². The van der Waals surface area contributed by atoms with E-state index in [-0.39, 0.29) is 24.8 Å². The molecule has 2 rings (SSSR count). The predicted molar refractivity (Wildman–Crippen MR) is 223 cm³/mol. The number of amides is 3. The van der Waals surface area contributed by atoms with Crippen LogP contribution in [0.25, 0.3) is 0 Å². The van der Waals surface area contributed by atoms with Crippen LogP contribution in [0.3, 0.4) is 0 Å². The van der Waals surface area contributed by atoms with E-state index in [0.29, 0.717) is 35.7 Å². The van der Waals surface area contributed by atoms with Gasteiger partial charge in [0.2, 0.25) is 5.91 Å². The quantitative estimate of drug-likeness (QED) is 0.0686. The van der Waals surface area contributed by atoms with Crippen LogP contribution in [0.1, 0.15) is 88.1 Å². The molecule has 2 aromatic carbocycles. The molecule has 0 bridgehead atoms. The minimum absolute atomic E-state index is 0.162. The van der Waals surface area contributed by atoms with Gasteiger partial charge in [-0.05, 0) is 107 Å². The Labute approximate surface area is 332 Å². The summed E-state index contributed by atoms with van der Waals surface area (Å²) in [5.41, 5.74) is 0.226. The third-order valence-electron chi connectivity index (χ3n) is 8.07. The van der Waals surface area contributed by atoms with E-state index < -0.39 is 23.5 Å². The van der Waals surface area contributed by atoms with Crippen LogP contribution in [0.5, 0.6) is 5.75 Å². The van der Waals surface area contributed by atoms with Crippen molar-refractivity contribution in [3.8, 4) is 5.75 Å².